The van der Waals surface area contributed by atoms with Crippen molar-refractivity contribution in [1.82, 2.24) is 10.2 Å². The van der Waals surface area contributed by atoms with Crippen LogP contribution in [0.25, 0.3) is 0 Å². The molecule has 0 heterocycles. The van der Waals surface area contributed by atoms with Gasteiger partial charge >= 0.3 is 0 Å². The lowest BCUT2D eigenvalue weighted by molar-refractivity contribution is -0.139. The van der Waals surface area contributed by atoms with Gasteiger partial charge in [-0.05, 0) is 53.8 Å². The molecule has 7 heteroatoms. The molecule has 1 aliphatic rings. The van der Waals surface area contributed by atoms with Gasteiger partial charge in [-0.25, -0.2) is 0 Å². The number of hydrogen-bond donors (Lipinski definition) is 1. The van der Waals surface area contributed by atoms with E-state index < -0.39 is 6.04 Å². The number of hydrogen-bond acceptors (Lipinski definition) is 4. The Balaban J connectivity index is 1.57. The fraction of sp³-hybridized carbons (Fsp3) is 0.375. The Labute approximate surface area is 244 Å². The quantitative estimate of drug-likeness (QED) is 0.246. The average molecular weight is 610 g/mol. The Bertz CT molecular complexity index is 1200. The molecule has 5 nitrogen and oxygen atoms in total. The summed E-state index contributed by atoms with van der Waals surface area (Å²) < 4.78 is 6.47. The zero-order valence-electron chi connectivity index (χ0n) is 22.5. The van der Waals surface area contributed by atoms with E-state index in [9.17, 15) is 9.59 Å². The molecular formula is C32H37BrN2O3S. The summed E-state index contributed by atoms with van der Waals surface area (Å²) >= 11 is 5.05. The topological polar surface area (TPSA) is 58.6 Å². The summed E-state index contributed by atoms with van der Waals surface area (Å²) in [5.74, 6) is 1.64. The van der Waals surface area contributed by atoms with Crippen LogP contribution in [-0.2, 0) is 28.3 Å². The molecule has 2 amide bonds. The van der Waals surface area contributed by atoms with Crippen molar-refractivity contribution in [1.29, 1.82) is 0 Å². The molecule has 0 unspecified atom stereocenters. The van der Waals surface area contributed by atoms with Crippen molar-refractivity contribution in [3.8, 4) is 5.75 Å². The number of nitrogens with zero attached hydrogens (tertiary/aromatic N) is 1. The van der Waals surface area contributed by atoms with E-state index in [0.29, 0.717) is 18.7 Å². The van der Waals surface area contributed by atoms with Gasteiger partial charge < -0.3 is 15.0 Å². The lowest BCUT2D eigenvalue weighted by atomic mass is 9.94. The van der Waals surface area contributed by atoms with Crippen LogP contribution < -0.4 is 10.1 Å². The number of carbonyl (C=O) groups is 2. The van der Waals surface area contributed by atoms with E-state index in [1.54, 1.807) is 23.8 Å². The van der Waals surface area contributed by atoms with E-state index in [1.807, 2.05) is 66.7 Å². The highest BCUT2D eigenvalue weighted by Gasteiger charge is 2.32. The van der Waals surface area contributed by atoms with Crippen LogP contribution in [0.5, 0.6) is 5.75 Å². The van der Waals surface area contributed by atoms with E-state index in [1.165, 1.54) is 6.42 Å². The maximum atomic E-state index is 13.9. The normalized spacial score (nSPS) is 14.4. The Kier molecular flexibility index (Phi) is 11.3. The van der Waals surface area contributed by atoms with Crippen molar-refractivity contribution in [3.05, 3.63) is 100 Å². The first-order valence-corrected chi connectivity index (χ1v) is 15.6. The zero-order valence-corrected chi connectivity index (χ0v) is 24.9. The molecule has 1 N–H and O–H groups in total. The zero-order chi connectivity index (χ0) is 27.5. The minimum atomic E-state index is -0.610. The fourth-order valence-corrected chi connectivity index (χ4v) is 6.12. The van der Waals surface area contributed by atoms with Gasteiger partial charge in [-0.2, -0.15) is 0 Å². The van der Waals surface area contributed by atoms with Crippen molar-refractivity contribution < 1.29 is 14.3 Å². The summed E-state index contributed by atoms with van der Waals surface area (Å²) in [5.41, 5.74) is 3.13. The van der Waals surface area contributed by atoms with Crippen molar-refractivity contribution in [3.63, 3.8) is 0 Å². The Morgan fingerprint density at radius 1 is 0.949 bits per heavy atom. The number of methoxy groups -OCH3 is 1. The Hall–Kier alpha value is -2.77. The van der Waals surface area contributed by atoms with Crippen molar-refractivity contribution in [2.45, 2.75) is 62.9 Å². The summed E-state index contributed by atoms with van der Waals surface area (Å²) in [4.78, 5) is 29.5. The minimum absolute atomic E-state index is 0.0420. The minimum Gasteiger partial charge on any atom is -0.497 e. The highest BCUT2D eigenvalue weighted by Crippen LogP contribution is 2.23. The van der Waals surface area contributed by atoms with Crippen LogP contribution in [-0.4, -0.2) is 41.7 Å². The number of thioether (sulfide) groups is 1. The Morgan fingerprint density at radius 2 is 1.67 bits per heavy atom. The molecule has 0 aliphatic heterocycles. The van der Waals surface area contributed by atoms with Gasteiger partial charge in [0.05, 0.1) is 12.9 Å². The molecule has 39 heavy (non-hydrogen) atoms. The summed E-state index contributed by atoms with van der Waals surface area (Å²) in [6, 6.07) is 25.4. The first kappa shape index (κ1) is 29.2. The van der Waals surface area contributed by atoms with E-state index >= 15 is 0 Å². The summed E-state index contributed by atoms with van der Waals surface area (Å²) in [7, 11) is 1.64. The number of benzene rings is 3. The van der Waals surface area contributed by atoms with Crippen LogP contribution in [0.1, 0.15) is 48.8 Å². The van der Waals surface area contributed by atoms with Gasteiger partial charge in [-0.15, -0.1) is 11.8 Å². The van der Waals surface area contributed by atoms with Gasteiger partial charge in [0, 0.05) is 29.2 Å². The molecule has 0 aromatic heterocycles. The van der Waals surface area contributed by atoms with Gasteiger partial charge in [0.15, 0.2) is 0 Å². The second-order valence-corrected chi connectivity index (χ2v) is 11.9. The summed E-state index contributed by atoms with van der Waals surface area (Å²) in [5, 5.41) is 3.30. The van der Waals surface area contributed by atoms with Crippen molar-refractivity contribution in [2.24, 2.45) is 0 Å². The molecule has 0 saturated heterocycles. The fourth-order valence-electron chi connectivity index (χ4n) is 4.99. The first-order chi connectivity index (χ1) is 19.0. The lowest BCUT2D eigenvalue weighted by Gasteiger charge is -2.33. The maximum Gasteiger partial charge on any atom is 0.243 e. The van der Waals surface area contributed by atoms with Crippen LogP contribution in [0.15, 0.2) is 83.3 Å². The first-order valence-electron chi connectivity index (χ1n) is 13.6. The van der Waals surface area contributed by atoms with Gasteiger partial charge in [0.2, 0.25) is 11.8 Å². The smallest absolute Gasteiger partial charge is 0.243 e. The highest BCUT2D eigenvalue weighted by molar-refractivity contribution is 9.10. The number of carbonyl (C=O) groups excluding carboxylic acids is 2. The van der Waals surface area contributed by atoms with Crippen LogP contribution in [0.4, 0.5) is 0 Å². The van der Waals surface area contributed by atoms with Gasteiger partial charge in [-0.3, -0.25) is 9.59 Å². The van der Waals surface area contributed by atoms with Crippen LogP contribution >= 0.6 is 27.7 Å². The van der Waals surface area contributed by atoms with E-state index in [4.69, 9.17) is 4.74 Å². The summed E-state index contributed by atoms with van der Waals surface area (Å²) in [6.45, 7) is 0.338. The standard InChI is InChI=1S/C32H37BrN2O3S/c1-38-29-14-8-11-26(19-29)21-35(31(36)23-39-22-25-15-17-27(33)18-16-25)30(20-24-9-4-2-5-10-24)32(37)34-28-12-6-3-7-13-28/h2,4-5,8-11,14-19,28,30H,3,6-7,12-13,20-23H2,1H3,(H,34,37)/t30-/m1/s1. The molecule has 3 aromatic rings. The Morgan fingerprint density at radius 3 is 2.38 bits per heavy atom. The van der Waals surface area contributed by atoms with Crippen LogP contribution in [0.2, 0.25) is 0 Å². The molecular weight excluding hydrogens is 572 g/mol. The van der Waals surface area contributed by atoms with Gasteiger partial charge in [0.25, 0.3) is 0 Å². The molecule has 1 aliphatic carbocycles. The number of ether oxygens (including phenoxy) is 1. The molecule has 4 rings (SSSR count). The van der Waals surface area contributed by atoms with Crippen molar-refractivity contribution >= 4 is 39.5 Å². The van der Waals surface area contributed by atoms with Gasteiger partial charge in [-0.1, -0.05) is 89.8 Å². The summed E-state index contributed by atoms with van der Waals surface area (Å²) in [6.07, 6.45) is 5.94. The molecule has 3 aromatic carbocycles. The number of rotatable bonds is 12. The molecule has 1 saturated carbocycles. The van der Waals surface area contributed by atoms with E-state index in [-0.39, 0.29) is 17.9 Å². The molecule has 0 spiro atoms. The van der Waals surface area contributed by atoms with Crippen molar-refractivity contribution in [2.75, 3.05) is 12.9 Å². The second-order valence-electron chi connectivity index (χ2n) is 10.0. The molecule has 0 bridgehead atoms. The van der Waals surface area contributed by atoms with E-state index in [0.717, 1.165) is 58.3 Å². The predicted molar refractivity (Wildman–Crippen MR) is 163 cm³/mol. The van der Waals surface area contributed by atoms with Crippen LogP contribution in [0.3, 0.4) is 0 Å². The highest BCUT2D eigenvalue weighted by atomic mass is 79.9. The van der Waals surface area contributed by atoms with Crippen LogP contribution in [0, 0.1) is 0 Å². The third-order valence-electron chi connectivity index (χ3n) is 7.12. The molecule has 1 atom stereocenters. The lowest BCUT2D eigenvalue weighted by Crippen LogP contribution is -2.53. The number of halogens is 1. The largest absolute Gasteiger partial charge is 0.497 e. The maximum absolute atomic E-state index is 13.9. The average Bonchev–Trinajstić information content (AvgIpc) is 2.97. The molecule has 206 valence electrons. The van der Waals surface area contributed by atoms with Gasteiger partial charge in [0.1, 0.15) is 11.8 Å². The number of nitrogens with one attached hydrogen (secondary N) is 1. The number of amides is 2. The molecule has 0 radical (unpaired) electrons. The second kappa shape index (κ2) is 15.1. The third kappa shape index (κ3) is 9.14. The predicted octanol–water partition coefficient (Wildman–Crippen LogP) is 6.78. The van der Waals surface area contributed by atoms with E-state index in [2.05, 4.69) is 33.4 Å². The monoisotopic (exact) mass is 608 g/mol. The third-order valence-corrected chi connectivity index (χ3v) is 8.63. The molecule has 1 fully saturated rings. The SMILES string of the molecule is COc1cccc(CN(C(=O)CSCc2ccc(Br)cc2)[C@H](Cc2ccccc2)C(=O)NC2CCCCC2)c1.